The summed E-state index contributed by atoms with van der Waals surface area (Å²) < 4.78 is 0. The van der Waals surface area contributed by atoms with Gasteiger partial charge in [0.05, 0.1) is 0 Å². The van der Waals surface area contributed by atoms with E-state index in [9.17, 15) is 0 Å². The van der Waals surface area contributed by atoms with Crippen molar-refractivity contribution in [2.75, 3.05) is 6.26 Å². The molecule has 2 atom stereocenters. The highest BCUT2D eigenvalue weighted by atomic mass is 32.2. The summed E-state index contributed by atoms with van der Waals surface area (Å²) in [5.41, 5.74) is 13.0. The van der Waals surface area contributed by atoms with Crippen molar-refractivity contribution in [1.82, 2.24) is 0 Å². The number of nitrogens with two attached hydrogens (primary N) is 2. The summed E-state index contributed by atoms with van der Waals surface area (Å²) >= 11 is 1.75. The molecule has 4 N–H and O–H groups in total. The van der Waals surface area contributed by atoms with Crippen molar-refractivity contribution in [3.63, 3.8) is 0 Å². The van der Waals surface area contributed by atoms with Gasteiger partial charge in [0.2, 0.25) is 0 Å². The van der Waals surface area contributed by atoms with E-state index in [4.69, 9.17) is 11.5 Å². The molecule has 2 nitrogen and oxygen atoms in total. The lowest BCUT2D eigenvalue weighted by atomic mass is 10.0. The summed E-state index contributed by atoms with van der Waals surface area (Å²) in [6, 6.07) is 8.81. The van der Waals surface area contributed by atoms with Crippen molar-refractivity contribution in [1.29, 1.82) is 0 Å². The Balaban J connectivity index is 2.54. The Kier molecular flexibility index (Phi) is 5.15. The molecule has 0 aromatic heterocycles. The van der Waals surface area contributed by atoms with Gasteiger partial charge in [0, 0.05) is 17.0 Å². The molecule has 0 aliphatic rings. The molecule has 0 aliphatic carbocycles. The van der Waals surface area contributed by atoms with Gasteiger partial charge in [-0.05, 0) is 43.7 Å². The van der Waals surface area contributed by atoms with E-state index >= 15 is 0 Å². The van der Waals surface area contributed by atoms with Gasteiger partial charge < -0.3 is 11.5 Å². The van der Waals surface area contributed by atoms with Crippen LogP contribution in [0.1, 0.15) is 31.4 Å². The highest BCUT2D eigenvalue weighted by Gasteiger charge is 2.06. The monoisotopic (exact) mass is 224 g/mol. The Labute approximate surface area is 96.4 Å². The van der Waals surface area contributed by atoms with Crippen molar-refractivity contribution >= 4 is 11.8 Å². The van der Waals surface area contributed by atoms with E-state index in [1.54, 1.807) is 11.8 Å². The molecule has 0 heterocycles. The van der Waals surface area contributed by atoms with Gasteiger partial charge in [-0.3, -0.25) is 0 Å². The molecule has 1 aromatic carbocycles. The molecule has 84 valence electrons. The average Bonchev–Trinajstić information content (AvgIpc) is 2.26. The average molecular weight is 224 g/mol. The molecule has 2 unspecified atom stereocenters. The zero-order valence-electron chi connectivity index (χ0n) is 9.44. The van der Waals surface area contributed by atoms with E-state index in [-0.39, 0.29) is 12.1 Å². The van der Waals surface area contributed by atoms with Crippen molar-refractivity contribution in [3.8, 4) is 0 Å². The van der Waals surface area contributed by atoms with Gasteiger partial charge in [-0.15, -0.1) is 11.8 Å². The minimum atomic E-state index is 0.118. The molecule has 0 bridgehead atoms. The first kappa shape index (κ1) is 12.6. The van der Waals surface area contributed by atoms with Gasteiger partial charge in [0.25, 0.3) is 0 Å². The summed E-state index contributed by atoms with van der Waals surface area (Å²) in [6.07, 6.45) is 4.01. The molecule has 0 saturated heterocycles. The number of hydrogen-bond acceptors (Lipinski definition) is 3. The Hall–Kier alpha value is -0.510. The minimum Gasteiger partial charge on any atom is -0.328 e. The smallest absolute Gasteiger partial charge is 0.0295 e. The van der Waals surface area contributed by atoms with Crippen molar-refractivity contribution in [3.05, 3.63) is 29.8 Å². The number of hydrogen-bond donors (Lipinski definition) is 2. The van der Waals surface area contributed by atoms with Crippen LogP contribution in [0.5, 0.6) is 0 Å². The van der Waals surface area contributed by atoms with Crippen molar-refractivity contribution in [2.45, 2.75) is 36.7 Å². The Morgan fingerprint density at radius 2 is 1.73 bits per heavy atom. The first-order valence-electron chi connectivity index (χ1n) is 5.28. The van der Waals surface area contributed by atoms with Gasteiger partial charge in [-0.25, -0.2) is 0 Å². The Morgan fingerprint density at radius 3 is 2.20 bits per heavy atom. The summed E-state index contributed by atoms with van der Waals surface area (Å²) in [5, 5.41) is 0. The van der Waals surface area contributed by atoms with E-state index in [0.29, 0.717) is 0 Å². The molecule has 0 saturated carbocycles. The molecule has 0 radical (unpaired) electrons. The van der Waals surface area contributed by atoms with Gasteiger partial charge in [0.15, 0.2) is 0 Å². The van der Waals surface area contributed by atoms with Gasteiger partial charge in [-0.2, -0.15) is 0 Å². The molecule has 0 fully saturated rings. The fourth-order valence-electron chi connectivity index (χ4n) is 1.46. The molecule has 0 aliphatic heterocycles. The third-order valence-corrected chi connectivity index (χ3v) is 3.22. The maximum atomic E-state index is 6.07. The maximum Gasteiger partial charge on any atom is 0.0295 e. The fraction of sp³-hybridized carbons (Fsp3) is 0.500. The molecule has 0 amide bonds. The number of thioether (sulfide) groups is 1. The number of rotatable bonds is 5. The van der Waals surface area contributed by atoms with Crippen LogP contribution in [0.15, 0.2) is 29.2 Å². The zero-order valence-corrected chi connectivity index (χ0v) is 10.3. The van der Waals surface area contributed by atoms with Crippen LogP contribution in [-0.4, -0.2) is 12.3 Å². The lowest BCUT2D eigenvalue weighted by molar-refractivity contribution is 0.555. The first-order valence-corrected chi connectivity index (χ1v) is 6.51. The highest BCUT2D eigenvalue weighted by Crippen LogP contribution is 2.20. The fourth-order valence-corrected chi connectivity index (χ4v) is 1.87. The molecular formula is C12H20N2S. The second kappa shape index (κ2) is 6.16. The zero-order chi connectivity index (χ0) is 11.3. The molecule has 3 heteroatoms. The van der Waals surface area contributed by atoms with E-state index in [0.717, 1.165) is 12.8 Å². The highest BCUT2D eigenvalue weighted by molar-refractivity contribution is 7.98. The normalized spacial score (nSPS) is 14.9. The second-order valence-corrected chi connectivity index (χ2v) is 4.81. The van der Waals surface area contributed by atoms with Crippen LogP contribution in [0.25, 0.3) is 0 Å². The second-order valence-electron chi connectivity index (χ2n) is 3.93. The van der Waals surface area contributed by atoms with E-state index in [1.807, 2.05) is 6.92 Å². The van der Waals surface area contributed by atoms with Gasteiger partial charge >= 0.3 is 0 Å². The molecular weight excluding hydrogens is 204 g/mol. The summed E-state index contributed by atoms with van der Waals surface area (Å²) in [5.74, 6) is 0. The third-order valence-electron chi connectivity index (χ3n) is 2.48. The Bertz CT molecular complexity index is 282. The standard InChI is InChI=1S/C12H20N2S/c1-9(13)3-8-12(14)10-4-6-11(15-2)7-5-10/h4-7,9,12H,3,8,13-14H2,1-2H3. The van der Waals surface area contributed by atoms with Crippen LogP contribution < -0.4 is 11.5 Å². The van der Waals surface area contributed by atoms with E-state index in [2.05, 4.69) is 30.5 Å². The Morgan fingerprint density at radius 1 is 1.13 bits per heavy atom. The largest absolute Gasteiger partial charge is 0.328 e. The van der Waals surface area contributed by atoms with Crippen LogP contribution in [0.3, 0.4) is 0 Å². The van der Waals surface area contributed by atoms with Gasteiger partial charge in [0.1, 0.15) is 0 Å². The van der Waals surface area contributed by atoms with E-state index < -0.39 is 0 Å². The molecule has 1 aromatic rings. The minimum absolute atomic E-state index is 0.118. The first-order chi connectivity index (χ1) is 7.13. The van der Waals surface area contributed by atoms with Crippen LogP contribution in [0.2, 0.25) is 0 Å². The van der Waals surface area contributed by atoms with Gasteiger partial charge in [-0.1, -0.05) is 12.1 Å². The summed E-state index contributed by atoms with van der Waals surface area (Å²) in [4.78, 5) is 1.28. The topological polar surface area (TPSA) is 52.0 Å². The maximum absolute atomic E-state index is 6.07. The van der Waals surface area contributed by atoms with Crippen LogP contribution in [-0.2, 0) is 0 Å². The summed E-state index contributed by atoms with van der Waals surface area (Å²) in [7, 11) is 0. The van der Waals surface area contributed by atoms with E-state index in [1.165, 1.54) is 10.5 Å². The molecule has 0 spiro atoms. The quantitative estimate of drug-likeness (QED) is 0.756. The third kappa shape index (κ3) is 4.24. The summed E-state index contributed by atoms with van der Waals surface area (Å²) in [6.45, 7) is 2.02. The lowest BCUT2D eigenvalue weighted by Gasteiger charge is -2.13. The van der Waals surface area contributed by atoms with Crippen LogP contribution >= 0.6 is 11.8 Å². The molecule has 1 rings (SSSR count). The van der Waals surface area contributed by atoms with Crippen molar-refractivity contribution in [2.24, 2.45) is 11.5 Å². The van der Waals surface area contributed by atoms with Crippen LogP contribution in [0.4, 0.5) is 0 Å². The molecule has 15 heavy (non-hydrogen) atoms. The lowest BCUT2D eigenvalue weighted by Crippen LogP contribution is -2.18. The predicted octanol–water partition coefficient (Wildman–Crippen LogP) is 2.54. The van der Waals surface area contributed by atoms with Crippen molar-refractivity contribution < 1.29 is 0 Å². The number of benzene rings is 1. The van der Waals surface area contributed by atoms with Crippen LogP contribution in [0, 0.1) is 0 Å². The predicted molar refractivity (Wildman–Crippen MR) is 68.0 cm³/mol. The SMILES string of the molecule is CSc1ccc(C(N)CCC(C)N)cc1.